The van der Waals surface area contributed by atoms with Gasteiger partial charge in [0.1, 0.15) is 22.6 Å². The Kier molecular flexibility index (Phi) is 6.02. The number of hydrogen-bond acceptors (Lipinski definition) is 8. The van der Waals surface area contributed by atoms with Crippen molar-refractivity contribution in [3.8, 4) is 5.88 Å². The van der Waals surface area contributed by atoms with Gasteiger partial charge >= 0.3 is 0 Å². The van der Waals surface area contributed by atoms with Crippen LogP contribution in [0.5, 0.6) is 5.88 Å². The Balaban J connectivity index is 1.36. The van der Waals surface area contributed by atoms with E-state index in [-0.39, 0.29) is 6.10 Å². The molecule has 1 unspecified atom stereocenters. The molecule has 1 atom stereocenters. The molecule has 3 aromatic rings. The Labute approximate surface area is 186 Å². The molecule has 1 N–H and O–H groups in total. The van der Waals surface area contributed by atoms with E-state index in [0.29, 0.717) is 19.0 Å². The summed E-state index contributed by atoms with van der Waals surface area (Å²) in [6, 6.07) is 4.01. The standard InChI is InChI=1S/C23H29N5O2S/c1-15-16(2)31-23-21(15)22(26-19(27-23)13-28-8-3-4-9-28)25-12-17-5-7-24-20(11-17)30-18-6-10-29-14-18/h5,7,11,18H,3-4,6,8-10,12-14H2,1-2H3,(H,25,26,27). The number of likely N-dealkylation sites (tertiary alicyclic amines) is 1. The average molecular weight is 440 g/mol. The molecule has 2 aliphatic heterocycles. The molecule has 164 valence electrons. The summed E-state index contributed by atoms with van der Waals surface area (Å²) >= 11 is 1.76. The highest BCUT2D eigenvalue weighted by Gasteiger charge is 2.19. The smallest absolute Gasteiger partial charge is 0.213 e. The molecule has 5 heterocycles. The summed E-state index contributed by atoms with van der Waals surface area (Å²) in [6.45, 7) is 9.46. The van der Waals surface area contributed by atoms with Gasteiger partial charge in [-0.3, -0.25) is 4.90 Å². The second kappa shape index (κ2) is 9.06. The number of anilines is 1. The second-order valence-corrected chi connectivity index (χ2v) is 9.60. The summed E-state index contributed by atoms with van der Waals surface area (Å²) in [5, 5.41) is 4.71. The largest absolute Gasteiger partial charge is 0.472 e. The summed E-state index contributed by atoms with van der Waals surface area (Å²) in [5.74, 6) is 2.47. The van der Waals surface area contributed by atoms with Gasteiger partial charge in [0, 0.05) is 30.1 Å². The van der Waals surface area contributed by atoms with Crippen LogP contribution in [-0.2, 0) is 17.8 Å². The van der Waals surface area contributed by atoms with Gasteiger partial charge in [0.25, 0.3) is 0 Å². The highest BCUT2D eigenvalue weighted by atomic mass is 32.1. The third kappa shape index (κ3) is 4.66. The molecule has 0 aliphatic carbocycles. The van der Waals surface area contributed by atoms with Crippen LogP contribution in [0.1, 0.15) is 41.1 Å². The summed E-state index contributed by atoms with van der Waals surface area (Å²) in [4.78, 5) is 19.0. The monoisotopic (exact) mass is 439 g/mol. The van der Waals surface area contributed by atoms with E-state index in [4.69, 9.17) is 19.4 Å². The first-order chi connectivity index (χ1) is 15.2. The first-order valence-electron chi connectivity index (χ1n) is 11.1. The fraction of sp³-hybridized carbons (Fsp3) is 0.522. The molecule has 31 heavy (non-hydrogen) atoms. The van der Waals surface area contributed by atoms with Gasteiger partial charge in [-0.15, -0.1) is 11.3 Å². The first kappa shape index (κ1) is 20.6. The molecule has 2 fully saturated rings. The maximum atomic E-state index is 5.96. The molecule has 0 spiro atoms. The van der Waals surface area contributed by atoms with Crippen LogP contribution in [0.15, 0.2) is 18.3 Å². The third-order valence-electron chi connectivity index (χ3n) is 6.07. The van der Waals surface area contributed by atoms with Crippen molar-refractivity contribution in [2.75, 3.05) is 31.6 Å². The van der Waals surface area contributed by atoms with E-state index in [0.717, 1.165) is 60.1 Å². The van der Waals surface area contributed by atoms with Crippen molar-refractivity contribution in [1.29, 1.82) is 0 Å². The van der Waals surface area contributed by atoms with E-state index < -0.39 is 0 Å². The number of aromatic nitrogens is 3. The lowest BCUT2D eigenvalue weighted by Gasteiger charge is -2.15. The van der Waals surface area contributed by atoms with Gasteiger partial charge in [-0.05, 0) is 57.0 Å². The predicted molar refractivity (Wildman–Crippen MR) is 123 cm³/mol. The lowest BCUT2D eigenvalue weighted by atomic mass is 10.2. The number of nitrogens with zero attached hydrogens (tertiary/aromatic N) is 4. The van der Waals surface area contributed by atoms with Crippen LogP contribution in [0.25, 0.3) is 10.2 Å². The van der Waals surface area contributed by atoms with Crippen molar-refractivity contribution in [1.82, 2.24) is 19.9 Å². The molecule has 0 amide bonds. The normalized spacial score (nSPS) is 19.4. The van der Waals surface area contributed by atoms with Gasteiger partial charge in [-0.2, -0.15) is 0 Å². The van der Waals surface area contributed by atoms with Crippen molar-refractivity contribution in [2.24, 2.45) is 0 Å². The van der Waals surface area contributed by atoms with Crippen molar-refractivity contribution < 1.29 is 9.47 Å². The highest BCUT2D eigenvalue weighted by molar-refractivity contribution is 7.18. The molecule has 7 nitrogen and oxygen atoms in total. The SMILES string of the molecule is Cc1sc2nc(CN3CCCC3)nc(NCc3ccnc(OC4CCOC4)c3)c2c1C. The summed E-state index contributed by atoms with van der Waals surface area (Å²) in [7, 11) is 0. The topological polar surface area (TPSA) is 72.4 Å². The molecule has 0 aromatic carbocycles. The number of ether oxygens (including phenoxy) is 2. The fourth-order valence-corrected chi connectivity index (χ4v) is 5.27. The number of pyridine rings is 1. The van der Waals surface area contributed by atoms with Crippen LogP contribution in [0, 0.1) is 13.8 Å². The lowest BCUT2D eigenvalue weighted by molar-refractivity contribution is 0.138. The molecule has 8 heteroatoms. The number of thiophene rings is 1. The van der Waals surface area contributed by atoms with Gasteiger partial charge in [-0.1, -0.05) is 0 Å². The maximum Gasteiger partial charge on any atom is 0.213 e. The van der Waals surface area contributed by atoms with Gasteiger partial charge in [-0.25, -0.2) is 15.0 Å². The van der Waals surface area contributed by atoms with Gasteiger partial charge in [0.2, 0.25) is 5.88 Å². The Morgan fingerprint density at radius 1 is 1.26 bits per heavy atom. The second-order valence-electron chi connectivity index (χ2n) is 8.39. The number of fused-ring (bicyclic) bond motifs is 1. The Bertz CT molecular complexity index is 1060. The molecule has 3 aromatic heterocycles. The molecule has 2 aliphatic rings. The minimum atomic E-state index is 0.0989. The van der Waals surface area contributed by atoms with Gasteiger partial charge in [0.15, 0.2) is 0 Å². The zero-order chi connectivity index (χ0) is 21.2. The highest BCUT2D eigenvalue weighted by Crippen LogP contribution is 2.34. The van der Waals surface area contributed by atoms with E-state index in [2.05, 4.69) is 29.0 Å². The quantitative estimate of drug-likeness (QED) is 0.595. The Morgan fingerprint density at radius 3 is 2.94 bits per heavy atom. The fourth-order valence-electron chi connectivity index (χ4n) is 4.22. The van der Waals surface area contributed by atoms with E-state index in [1.807, 2.05) is 12.1 Å². The van der Waals surface area contributed by atoms with Crippen molar-refractivity contribution in [2.45, 2.75) is 52.3 Å². The first-order valence-corrected chi connectivity index (χ1v) is 11.9. The van der Waals surface area contributed by atoms with E-state index >= 15 is 0 Å². The van der Waals surface area contributed by atoms with Crippen LogP contribution in [0.3, 0.4) is 0 Å². The van der Waals surface area contributed by atoms with Crippen LogP contribution in [-0.4, -0.2) is 52.3 Å². The molecular formula is C23H29N5O2S. The Hall–Kier alpha value is -2.29. The lowest BCUT2D eigenvalue weighted by Crippen LogP contribution is -2.20. The minimum Gasteiger partial charge on any atom is -0.472 e. The maximum absolute atomic E-state index is 5.96. The summed E-state index contributed by atoms with van der Waals surface area (Å²) in [6.07, 6.45) is 5.35. The molecule has 2 saturated heterocycles. The number of nitrogens with one attached hydrogen (secondary N) is 1. The minimum absolute atomic E-state index is 0.0989. The van der Waals surface area contributed by atoms with E-state index in [1.54, 1.807) is 17.5 Å². The van der Waals surface area contributed by atoms with Gasteiger partial charge in [0.05, 0.1) is 25.1 Å². The summed E-state index contributed by atoms with van der Waals surface area (Å²) < 4.78 is 11.4. The molecule has 0 bridgehead atoms. The van der Waals surface area contributed by atoms with Crippen LogP contribution in [0.2, 0.25) is 0 Å². The number of hydrogen-bond donors (Lipinski definition) is 1. The Morgan fingerprint density at radius 2 is 2.13 bits per heavy atom. The third-order valence-corrected chi connectivity index (χ3v) is 7.17. The molecule has 5 rings (SSSR count). The van der Waals surface area contributed by atoms with E-state index in [9.17, 15) is 0 Å². The predicted octanol–water partition coefficient (Wildman–Crippen LogP) is 4.08. The van der Waals surface area contributed by atoms with Crippen molar-refractivity contribution >= 4 is 27.4 Å². The summed E-state index contributed by atoms with van der Waals surface area (Å²) in [5.41, 5.74) is 2.37. The zero-order valence-electron chi connectivity index (χ0n) is 18.2. The molecule has 0 radical (unpaired) electrons. The average Bonchev–Trinajstić information content (AvgIpc) is 3.51. The van der Waals surface area contributed by atoms with Crippen LogP contribution in [0.4, 0.5) is 5.82 Å². The van der Waals surface area contributed by atoms with Gasteiger partial charge < -0.3 is 14.8 Å². The van der Waals surface area contributed by atoms with E-state index in [1.165, 1.54) is 23.3 Å². The van der Waals surface area contributed by atoms with Crippen LogP contribution >= 0.6 is 11.3 Å². The van der Waals surface area contributed by atoms with Crippen molar-refractivity contribution in [3.63, 3.8) is 0 Å². The zero-order valence-corrected chi connectivity index (χ0v) is 19.0. The number of rotatable bonds is 7. The molecular weight excluding hydrogens is 410 g/mol. The molecule has 0 saturated carbocycles. The van der Waals surface area contributed by atoms with Crippen molar-refractivity contribution in [3.05, 3.63) is 40.2 Å². The van der Waals surface area contributed by atoms with Crippen LogP contribution < -0.4 is 10.1 Å². The number of aryl methyl sites for hydroxylation is 2.